The van der Waals surface area contributed by atoms with E-state index < -0.39 is 17.1 Å². The fourth-order valence-electron chi connectivity index (χ4n) is 3.74. The zero-order valence-electron chi connectivity index (χ0n) is 16.9. The largest absolute Gasteiger partial charge is 0.508 e. The summed E-state index contributed by atoms with van der Waals surface area (Å²) in [7, 11) is 0. The second-order valence-corrected chi connectivity index (χ2v) is 8.40. The van der Waals surface area contributed by atoms with Crippen LogP contribution in [0, 0.1) is 0 Å². The van der Waals surface area contributed by atoms with Crippen LogP contribution in [0.1, 0.15) is 38.8 Å². The lowest BCUT2D eigenvalue weighted by Gasteiger charge is -2.24. The van der Waals surface area contributed by atoms with Gasteiger partial charge in [0, 0.05) is 17.5 Å². The highest BCUT2D eigenvalue weighted by Gasteiger charge is 2.39. The number of allylic oxidation sites excluding steroid dienone is 2. The molecule has 0 bridgehead atoms. The normalized spacial score (nSPS) is 16.1. The van der Waals surface area contributed by atoms with Gasteiger partial charge in [-0.15, -0.1) is 0 Å². The minimum atomic E-state index is -1.13. The molecule has 1 aliphatic rings. The van der Waals surface area contributed by atoms with Crippen molar-refractivity contribution in [3.63, 3.8) is 0 Å². The minimum Gasteiger partial charge on any atom is -0.508 e. The number of hydrogen-bond acceptors (Lipinski definition) is 6. The van der Waals surface area contributed by atoms with E-state index in [2.05, 4.69) is 0 Å². The Balaban J connectivity index is 2.10. The predicted molar refractivity (Wildman–Crippen MR) is 111 cm³/mol. The van der Waals surface area contributed by atoms with E-state index >= 15 is 0 Å². The standard InChI is InChI=1S/C23H24O6/c1-11(2)5-7-13-21-15(10-17(29-21)23(3,4)27)20(26)18-19(25)14-9-12(24)6-8-16(14)28-22(13)18/h5-6,8-9,17,24,26-27H,7,10H2,1-4H3. The molecule has 4 rings (SSSR count). The molecule has 0 radical (unpaired) electrons. The average Bonchev–Trinajstić information content (AvgIpc) is 3.08. The molecule has 2 heterocycles. The number of ether oxygens (including phenoxy) is 1. The summed E-state index contributed by atoms with van der Waals surface area (Å²) < 4.78 is 12.1. The second kappa shape index (κ2) is 6.52. The van der Waals surface area contributed by atoms with Crippen molar-refractivity contribution in [2.45, 2.75) is 52.2 Å². The average molecular weight is 396 g/mol. The van der Waals surface area contributed by atoms with E-state index in [0.29, 0.717) is 28.9 Å². The van der Waals surface area contributed by atoms with E-state index in [1.165, 1.54) is 18.2 Å². The molecule has 0 fully saturated rings. The Morgan fingerprint density at radius 3 is 2.66 bits per heavy atom. The van der Waals surface area contributed by atoms with E-state index in [-0.39, 0.29) is 34.3 Å². The number of phenols is 2. The van der Waals surface area contributed by atoms with E-state index in [1.54, 1.807) is 13.8 Å². The molecule has 1 unspecified atom stereocenters. The first-order valence-corrected chi connectivity index (χ1v) is 9.56. The summed E-state index contributed by atoms with van der Waals surface area (Å²) in [6.45, 7) is 7.24. The summed E-state index contributed by atoms with van der Waals surface area (Å²) in [5.41, 5.74) is 1.28. The Labute approximate surface area is 167 Å². The number of fused-ring (bicyclic) bond motifs is 3. The molecule has 152 valence electrons. The Morgan fingerprint density at radius 1 is 1.28 bits per heavy atom. The van der Waals surface area contributed by atoms with Gasteiger partial charge in [0.2, 0.25) is 5.43 Å². The first-order valence-electron chi connectivity index (χ1n) is 9.56. The van der Waals surface area contributed by atoms with E-state index in [1.807, 2.05) is 19.9 Å². The Kier molecular flexibility index (Phi) is 4.35. The SMILES string of the molecule is CC(C)=CCc1c2c(c(O)c3c(=O)c4cc(O)ccc4oc13)CC(C(C)(C)O)O2. The zero-order valence-corrected chi connectivity index (χ0v) is 16.9. The second-order valence-electron chi connectivity index (χ2n) is 8.40. The molecule has 2 aromatic carbocycles. The Hall–Kier alpha value is -2.99. The molecule has 3 N–H and O–H groups in total. The number of aromatic hydroxyl groups is 2. The summed E-state index contributed by atoms with van der Waals surface area (Å²) in [5.74, 6) is 0.211. The number of phenolic OH excluding ortho intramolecular Hbond substituents is 2. The Bertz CT molecular complexity index is 1220. The van der Waals surface area contributed by atoms with Crippen molar-refractivity contribution < 1.29 is 24.5 Å². The molecular weight excluding hydrogens is 372 g/mol. The topological polar surface area (TPSA) is 100 Å². The zero-order chi connectivity index (χ0) is 21.1. The lowest BCUT2D eigenvalue weighted by atomic mass is 9.94. The smallest absolute Gasteiger partial charge is 0.204 e. The van der Waals surface area contributed by atoms with E-state index in [9.17, 15) is 20.1 Å². The van der Waals surface area contributed by atoms with Gasteiger partial charge in [-0.25, -0.2) is 0 Å². The van der Waals surface area contributed by atoms with Gasteiger partial charge >= 0.3 is 0 Å². The molecule has 1 atom stereocenters. The number of hydrogen-bond donors (Lipinski definition) is 3. The third kappa shape index (κ3) is 3.13. The van der Waals surface area contributed by atoms with Crippen LogP contribution in [0.3, 0.4) is 0 Å². The Morgan fingerprint density at radius 2 is 2.00 bits per heavy atom. The van der Waals surface area contributed by atoms with Crippen molar-refractivity contribution >= 4 is 21.9 Å². The quantitative estimate of drug-likeness (QED) is 0.458. The summed E-state index contributed by atoms with van der Waals surface area (Å²) in [4.78, 5) is 13.2. The predicted octanol–water partition coefficient (Wildman–Crippen LogP) is 3.94. The third-order valence-electron chi connectivity index (χ3n) is 5.37. The molecule has 3 aromatic rings. The minimum absolute atomic E-state index is 0.0556. The van der Waals surface area contributed by atoms with Crippen LogP contribution >= 0.6 is 0 Å². The van der Waals surface area contributed by atoms with Gasteiger partial charge < -0.3 is 24.5 Å². The molecule has 6 heteroatoms. The molecule has 29 heavy (non-hydrogen) atoms. The summed E-state index contributed by atoms with van der Waals surface area (Å²) in [6.07, 6.45) is 2.17. The van der Waals surface area contributed by atoms with Crippen molar-refractivity contribution in [3.05, 3.63) is 51.2 Å². The molecule has 0 spiro atoms. The van der Waals surface area contributed by atoms with Gasteiger partial charge in [0.05, 0.1) is 11.0 Å². The van der Waals surface area contributed by atoms with Crippen molar-refractivity contribution in [2.75, 3.05) is 0 Å². The van der Waals surface area contributed by atoms with Gasteiger partial charge in [0.1, 0.15) is 39.9 Å². The van der Waals surface area contributed by atoms with Crippen LogP contribution < -0.4 is 10.2 Å². The van der Waals surface area contributed by atoms with Gasteiger partial charge in [-0.3, -0.25) is 4.79 Å². The fourth-order valence-corrected chi connectivity index (χ4v) is 3.74. The maximum absolute atomic E-state index is 13.2. The number of aliphatic hydroxyl groups is 1. The molecular formula is C23H24O6. The van der Waals surface area contributed by atoms with Crippen LogP contribution in [0.15, 0.2) is 39.1 Å². The van der Waals surface area contributed by atoms with Crippen LogP contribution in [-0.2, 0) is 12.8 Å². The van der Waals surface area contributed by atoms with Crippen LogP contribution in [0.4, 0.5) is 0 Å². The number of benzene rings is 2. The van der Waals surface area contributed by atoms with Crippen LogP contribution in [0.5, 0.6) is 17.2 Å². The maximum atomic E-state index is 13.2. The third-order valence-corrected chi connectivity index (χ3v) is 5.37. The molecule has 1 aliphatic heterocycles. The van der Waals surface area contributed by atoms with Crippen LogP contribution in [0.2, 0.25) is 0 Å². The van der Waals surface area contributed by atoms with Gasteiger partial charge in [-0.1, -0.05) is 11.6 Å². The van der Waals surface area contributed by atoms with Crippen LogP contribution in [-0.4, -0.2) is 27.0 Å². The molecule has 0 amide bonds. The van der Waals surface area contributed by atoms with Crippen molar-refractivity contribution in [2.24, 2.45) is 0 Å². The highest BCUT2D eigenvalue weighted by Crippen LogP contribution is 2.46. The maximum Gasteiger partial charge on any atom is 0.204 e. The molecule has 6 nitrogen and oxygen atoms in total. The molecule has 0 saturated carbocycles. The highest BCUT2D eigenvalue weighted by atomic mass is 16.5. The lowest BCUT2D eigenvalue weighted by molar-refractivity contribution is -0.0232. The van der Waals surface area contributed by atoms with Crippen molar-refractivity contribution in [1.82, 2.24) is 0 Å². The molecule has 0 aliphatic carbocycles. The van der Waals surface area contributed by atoms with Gasteiger partial charge in [-0.05, 0) is 52.3 Å². The molecule has 1 aromatic heterocycles. The molecule has 0 saturated heterocycles. The summed E-state index contributed by atoms with van der Waals surface area (Å²) in [5, 5.41) is 31.4. The number of rotatable bonds is 3. The monoisotopic (exact) mass is 396 g/mol. The van der Waals surface area contributed by atoms with Crippen molar-refractivity contribution in [1.29, 1.82) is 0 Å². The van der Waals surface area contributed by atoms with Crippen LogP contribution in [0.25, 0.3) is 21.9 Å². The van der Waals surface area contributed by atoms with Crippen molar-refractivity contribution in [3.8, 4) is 17.2 Å². The first kappa shape index (κ1) is 19.3. The fraction of sp³-hybridized carbons (Fsp3) is 0.348. The van der Waals surface area contributed by atoms with Gasteiger partial charge in [-0.2, -0.15) is 0 Å². The lowest BCUT2D eigenvalue weighted by Crippen LogP contribution is -2.39. The van der Waals surface area contributed by atoms with E-state index in [0.717, 1.165) is 5.57 Å². The van der Waals surface area contributed by atoms with E-state index in [4.69, 9.17) is 9.15 Å². The summed E-state index contributed by atoms with van der Waals surface area (Å²) in [6, 6.07) is 4.31. The van der Waals surface area contributed by atoms with Gasteiger partial charge in [0.25, 0.3) is 0 Å². The first-order chi connectivity index (χ1) is 13.6. The highest BCUT2D eigenvalue weighted by molar-refractivity contribution is 5.97. The van der Waals surface area contributed by atoms with Gasteiger partial charge in [0.15, 0.2) is 0 Å². The summed E-state index contributed by atoms with van der Waals surface area (Å²) >= 11 is 0.